The zero-order valence-corrected chi connectivity index (χ0v) is 14.9. The monoisotopic (exact) mass is 412 g/mol. The van der Waals surface area contributed by atoms with Gasteiger partial charge in [-0.3, -0.25) is 25.0 Å². The molecule has 0 aliphatic rings. The fourth-order valence-electron chi connectivity index (χ4n) is 2.53. The number of halogens is 3. The van der Waals surface area contributed by atoms with Crippen molar-refractivity contribution in [3.05, 3.63) is 67.8 Å². The lowest BCUT2D eigenvalue weighted by atomic mass is 10.1. The Labute approximate surface area is 161 Å². The number of amides is 1. The Morgan fingerprint density at radius 3 is 1.97 bits per heavy atom. The average Bonchev–Trinajstić information content (AvgIpc) is 2.61. The number of benzene rings is 2. The van der Waals surface area contributed by atoms with Crippen molar-refractivity contribution >= 4 is 28.7 Å². The maximum absolute atomic E-state index is 12.9. The summed E-state index contributed by atoms with van der Waals surface area (Å²) >= 11 is 0. The van der Waals surface area contributed by atoms with E-state index in [1.54, 1.807) is 24.3 Å². The molecule has 2 aromatic carbocycles. The van der Waals surface area contributed by atoms with Crippen molar-refractivity contribution in [3.8, 4) is 0 Å². The van der Waals surface area contributed by atoms with E-state index in [1.807, 2.05) is 0 Å². The molecule has 9 nitrogen and oxygen atoms in total. The Morgan fingerprint density at radius 2 is 1.55 bits per heavy atom. The van der Waals surface area contributed by atoms with Crippen molar-refractivity contribution in [1.82, 2.24) is 0 Å². The van der Waals surface area contributed by atoms with Crippen molar-refractivity contribution in [1.29, 1.82) is 0 Å². The topological polar surface area (TPSA) is 127 Å². The van der Waals surface area contributed by atoms with Crippen LogP contribution in [-0.2, 0) is 17.4 Å². The maximum Gasteiger partial charge on any atom is 0.416 e. The smallest absolute Gasteiger partial charge is 0.374 e. The van der Waals surface area contributed by atoms with Crippen LogP contribution in [0.1, 0.15) is 18.1 Å². The normalized spacial score (nSPS) is 11.0. The average molecular weight is 412 g/mol. The van der Waals surface area contributed by atoms with Gasteiger partial charge < -0.3 is 10.6 Å². The minimum Gasteiger partial charge on any atom is -0.374 e. The Kier molecular flexibility index (Phi) is 6.36. The molecule has 2 aromatic rings. The van der Waals surface area contributed by atoms with Gasteiger partial charge in [0.2, 0.25) is 5.91 Å². The number of carbonyl (C=O) groups is 1. The van der Waals surface area contributed by atoms with E-state index >= 15 is 0 Å². The van der Waals surface area contributed by atoms with Crippen LogP contribution in [0.15, 0.2) is 36.4 Å². The molecule has 0 fully saturated rings. The van der Waals surface area contributed by atoms with Gasteiger partial charge in [0, 0.05) is 31.3 Å². The highest BCUT2D eigenvalue weighted by molar-refractivity contribution is 5.88. The van der Waals surface area contributed by atoms with Crippen molar-refractivity contribution in [2.24, 2.45) is 0 Å². The van der Waals surface area contributed by atoms with Crippen molar-refractivity contribution in [3.63, 3.8) is 0 Å². The van der Waals surface area contributed by atoms with Gasteiger partial charge in [0.05, 0.1) is 15.4 Å². The molecule has 1 amide bonds. The van der Waals surface area contributed by atoms with E-state index in [2.05, 4.69) is 10.6 Å². The molecule has 0 saturated heterocycles. The fraction of sp³-hybridized carbons (Fsp3) is 0.235. The van der Waals surface area contributed by atoms with E-state index < -0.39 is 38.6 Å². The number of rotatable bonds is 7. The Bertz CT molecular complexity index is 910. The fourth-order valence-corrected chi connectivity index (χ4v) is 2.53. The minimum atomic E-state index is -4.97. The van der Waals surface area contributed by atoms with Gasteiger partial charge in [-0.25, -0.2) is 0 Å². The first kappa shape index (κ1) is 21.6. The first-order chi connectivity index (χ1) is 13.5. The van der Waals surface area contributed by atoms with Crippen LogP contribution in [0.4, 0.5) is 35.9 Å². The van der Waals surface area contributed by atoms with Gasteiger partial charge in [-0.1, -0.05) is 12.1 Å². The lowest BCUT2D eigenvalue weighted by molar-refractivity contribution is -0.392. The Morgan fingerprint density at radius 1 is 1.03 bits per heavy atom. The minimum absolute atomic E-state index is 0.00741. The highest BCUT2D eigenvalue weighted by Crippen LogP contribution is 2.41. The van der Waals surface area contributed by atoms with Crippen molar-refractivity contribution in [2.45, 2.75) is 19.5 Å². The zero-order valence-electron chi connectivity index (χ0n) is 14.9. The van der Waals surface area contributed by atoms with Crippen LogP contribution in [-0.4, -0.2) is 22.3 Å². The summed E-state index contributed by atoms with van der Waals surface area (Å²) in [7, 11) is 0. The Hall–Kier alpha value is -3.70. The lowest BCUT2D eigenvalue weighted by Crippen LogP contribution is -2.12. The van der Waals surface area contributed by atoms with Gasteiger partial charge in [0.1, 0.15) is 0 Å². The summed E-state index contributed by atoms with van der Waals surface area (Å²) in [6.45, 7) is 1.34. The molecule has 29 heavy (non-hydrogen) atoms. The van der Waals surface area contributed by atoms with Gasteiger partial charge in [-0.05, 0) is 24.1 Å². The summed E-state index contributed by atoms with van der Waals surface area (Å²) in [6.07, 6.45) is -4.70. The number of hydrogen-bond donors (Lipinski definition) is 2. The molecule has 0 bridgehead atoms. The van der Waals surface area contributed by atoms with Crippen LogP contribution < -0.4 is 10.6 Å². The first-order valence-corrected chi connectivity index (χ1v) is 8.13. The van der Waals surface area contributed by atoms with Gasteiger partial charge in [-0.15, -0.1) is 0 Å². The van der Waals surface area contributed by atoms with Crippen LogP contribution in [0.25, 0.3) is 0 Å². The summed E-state index contributed by atoms with van der Waals surface area (Å²) in [5, 5.41) is 27.4. The highest BCUT2D eigenvalue weighted by Gasteiger charge is 2.37. The molecule has 0 spiro atoms. The SMILES string of the molecule is CC(=O)Nc1ccc(CCNc2c([N+](=O)[O-])cc(C(F)(F)F)cc2[N+](=O)[O-])cc1. The van der Waals surface area contributed by atoms with Gasteiger partial charge in [0.15, 0.2) is 5.69 Å². The number of nitro benzene ring substituents is 2. The van der Waals surface area contributed by atoms with E-state index in [0.29, 0.717) is 5.69 Å². The molecule has 2 rings (SSSR count). The summed E-state index contributed by atoms with van der Waals surface area (Å²) in [6, 6.07) is 7.11. The van der Waals surface area contributed by atoms with Crippen LogP contribution in [0.5, 0.6) is 0 Å². The number of carbonyl (C=O) groups excluding carboxylic acids is 1. The molecule has 0 aromatic heterocycles. The molecule has 0 heterocycles. The first-order valence-electron chi connectivity index (χ1n) is 8.13. The second-order valence-electron chi connectivity index (χ2n) is 5.96. The summed E-state index contributed by atoms with van der Waals surface area (Å²) in [4.78, 5) is 31.1. The number of nitrogens with one attached hydrogen (secondary N) is 2. The summed E-state index contributed by atoms with van der Waals surface area (Å²) < 4.78 is 38.7. The number of nitro groups is 2. The molecule has 0 aliphatic heterocycles. The quantitative estimate of drug-likeness (QED) is 0.520. The predicted molar refractivity (Wildman–Crippen MR) is 97.7 cm³/mol. The van der Waals surface area contributed by atoms with Crippen molar-refractivity contribution in [2.75, 3.05) is 17.2 Å². The van der Waals surface area contributed by atoms with E-state index in [9.17, 15) is 38.2 Å². The van der Waals surface area contributed by atoms with E-state index in [1.165, 1.54) is 6.92 Å². The van der Waals surface area contributed by atoms with E-state index in [0.717, 1.165) is 5.56 Å². The molecule has 2 N–H and O–H groups in total. The molecule has 0 atom stereocenters. The number of alkyl halides is 3. The third-order valence-corrected chi connectivity index (χ3v) is 3.81. The van der Waals surface area contributed by atoms with Gasteiger partial charge in [-0.2, -0.15) is 13.2 Å². The van der Waals surface area contributed by atoms with Crippen molar-refractivity contribution < 1.29 is 27.8 Å². The number of nitrogens with zero attached hydrogens (tertiary/aromatic N) is 2. The van der Waals surface area contributed by atoms with Gasteiger partial charge >= 0.3 is 6.18 Å². The second-order valence-corrected chi connectivity index (χ2v) is 5.96. The zero-order chi connectivity index (χ0) is 21.8. The molecular formula is C17H15F3N4O5. The predicted octanol–water partition coefficient (Wildman–Crippen LogP) is 4.13. The van der Waals surface area contributed by atoms with Crippen LogP contribution in [0, 0.1) is 20.2 Å². The van der Waals surface area contributed by atoms with Crippen LogP contribution in [0.3, 0.4) is 0 Å². The highest BCUT2D eigenvalue weighted by atomic mass is 19.4. The third kappa shape index (κ3) is 5.64. The number of hydrogen-bond acceptors (Lipinski definition) is 6. The third-order valence-electron chi connectivity index (χ3n) is 3.81. The van der Waals surface area contributed by atoms with Crippen LogP contribution >= 0.6 is 0 Å². The molecular weight excluding hydrogens is 397 g/mol. The lowest BCUT2D eigenvalue weighted by Gasteiger charge is -2.11. The number of anilines is 2. The standard InChI is InChI=1S/C17H15F3N4O5/c1-10(25)22-13-4-2-11(3-5-13)6-7-21-16-14(23(26)27)8-12(17(18,19)20)9-15(16)24(28)29/h2-5,8-9,21H,6-7H2,1H3,(H,22,25). The molecule has 0 radical (unpaired) electrons. The Balaban J connectivity index is 2.24. The van der Waals surface area contributed by atoms with Crippen LogP contribution in [0.2, 0.25) is 0 Å². The molecule has 0 unspecified atom stereocenters. The summed E-state index contributed by atoms with van der Waals surface area (Å²) in [5.41, 5.74) is -2.84. The summed E-state index contributed by atoms with van der Waals surface area (Å²) in [5.74, 6) is -0.249. The molecule has 12 heteroatoms. The molecule has 154 valence electrons. The molecule has 0 saturated carbocycles. The van der Waals surface area contributed by atoms with E-state index in [4.69, 9.17) is 0 Å². The van der Waals surface area contributed by atoms with Gasteiger partial charge in [0.25, 0.3) is 11.4 Å². The van der Waals surface area contributed by atoms with E-state index in [-0.39, 0.29) is 31.0 Å². The maximum atomic E-state index is 12.9. The second kappa shape index (κ2) is 8.54. The largest absolute Gasteiger partial charge is 0.416 e. The molecule has 0 aliphatic carbocycles.